The van der Waals surface area contributed by atoms with Gasteiger partial charge in [-0.3, -0.25) is 4.79 Å². The molecule has 0 radical (unpaired) electrons. The van der Waals surface area contributed by atoms with Crippen LogP contribution in [0.4, 0.5) is 5.69 Å². The molecule has 0 unspecified atom stereocenters. The molecule has 0 saturated carbocycles. The topological polar surface area (TPSA) is 35.9 Å². The molecule has 25 heavy (non-hydrogen) atoms. The van der Waals surface area contributed by atoms with Gasteiger partial charge in [-0.05, 0) is 53.5 Å². The van der Waals surface area contributed by atoms with E-state index in [0.29, 0.717) is 4.91 Å². The fourth-order valence-electron chi connectivity index (χ4n) is 2.84. The Morgan fingerprint density at radius 2 is 1.76 bits per heavy atom. The Balaban J connectivity index is 1.39. The van der Waals surface area contributed by atoms with Crippen LogP contribution in [-0.2, 0) is 4.79 Å². The molecule has 1 fully saturated rings. The van der Waals surface area contributed by atoms with Crippen molar-refractivity contribution in [2.75, 3.05) is 31.1 Å². The minimum absolute atomic E-state index is 0.131. The van der Waals surface area contributed by atoms with E-state index in [0.717, 1.165) is 41.2 Å². The third kappa shape index (κ3) is 3.76. The van der Waals surface area contributed by atoms with E-state index in [9.17, 15) is 4.79 Å². The zero-order chi connectivity index (χ0) is 17.2. The van der Waals surface area contributed by atoms with Crippen LogP contribution in [0, 0.1) is 0 Å². The second-order valence-corrected chi connectivity index (χ2v) is 8.20. The van der Waals surface area contributed by atoms with Gasteiger partial charge in [0.25, 0.3) is 5.91 Å². The number of carbonyl (C=O) groups is 1. The number of thiophene rings is 1. The van der Waals surface area contributed by atoms with E-state index < -0.39 is 0 Å². The summed E-state index contributed by atoms with van der Waals surface area (Å²) >= 11 is 9.06. The molecule has 0 N–H and O–H groups in total. The van der Waals surface area contributed by atoms with E-state index in [1.165, 1.54) is 17.4 Å². The van der Waals surface area contributed by atoms with Gasteiger partial charge in [0.1, 0.15) is 0 Å². The number of halogens is 1. The average molecular weight is 390 g/mol. The lowest BCUT2D eigenvalue weighted by atomic mass is 10.2. The molecule has 4 nitrogen and oxygen atoms in total. The van der Waals surface area contributed by atoms with Crippen LogP contribution in [0.15, 0.2) is 51.7 Å². The number of rotatable bonds is 2. The van der Waals surface area contributed by atoms with E-state index in [2.05, 4.69) is 14.8 Å². The molecule has 1 aromatic heterocycles. The Bertz CT molecular complexity index is 823. The summed E-state index contributed by atoms with van der Waals surface area (Å²) in [5.41, 5.74) is 1.18. The van der Waals surface area contributed by atoms with Crippen LogP contribution >= 0.6 is 34.7 Å². The maximum Gasteiger partial charge on any atom is 0.286 e. The standard InChI is InChI=1S/C18H16ClN3OS2/c19-13-3-5-14(6-4-13)21-7-9-22(10-8-21)18-20-17(23)16(25-18)12-15-2-1-11-24-15/h1-6,11-12H,7-10H2/b16-12+. The number of nitrogens with zero attached hydrogens (tertiary/aromatic N) is 3. The Labute approximate surface area is 159 Å². The number of anilines is 1. The summed E-state index contributed by atoms with van der Waals surface area (Å²) in [4.78, 5) is 22.7. The first-order chi connectivity index (χ1) is 12.2. The molecule has 3 heterocycles. The number of thioether (sulfide) groups is 1. The fourth-order valence-corrected chi connectivity index (χ4v) is 4.66. The van der Waals surface area contributed by atoms with Crippen LogP contribution in [0.3, 0.4) is 0 Å². The maximum absolute atomic E-state index is 12.1. The summed E-state index contributed by atoms with van der Waals surface area (Å²) in [5, 5.41) is 3.58. The van der Waals surface area contributed by atoms with E-state index in [-0.39, 0.29) is 5.91 Å². The van der Waals surface area contributed by atoms with Crippen LogP contribution in [0.25, 0.3) is 6.08 Å². The highest BCUT2D eigenvalue weighted by atomic mass is 35.5. The Hall–Kier alpha value is -1.76. The predicted octanol–water partition coefficient (Wildman–Crippen LogP) is 4.19. The lowest BCUT2D eigenvalue weighted by Gasteiger charge is -2.36. The Morgan fingerprint density at radius 3 is 2.44 bits per heavy atom. The number of piperazine rings is 1. The van der Waals surface area contributed by atoms with Gasteiger partial charge in [0, 0.05) is 41.8 Å². The summed E-state index contributed by atoms with van der Waals surface area (Å²) in [6.45, 7) is 3.51. The molecule has 4 rings (SSSR count). The van der Waals surface area contributed by atoms with Crippen molar-refractivity contribution in [3.8, 4) is 0 Å². The van der Waals surface area contributed by atoms with Gasteiger partial charge in [-0.2, -0.15) is 4.99 Å². The molecule has 7 heteroatoms. The zero-order valence-corrected chi connectivity index (χ0v) is 15.8. The molecule has 1 amide bonds. The lowest BCUT2D eigenvalue weighted by molar-refractivity contribution is -0.113. The Morgan fingerprint density at radius 1 is 1.04 bits per heavy atom. The first-order valence-electron chi connectivity index (χ1n) is 8.00. The molecule has 2 aliphatic rings. The summed E-state index contributed by atoms with van der Waals surface area (Å²) in [6.07, 6.45) is 1.93. The monoisotopic (exact) mass is 389 g/mol. The maximum atomic E-state index is 12.1. The number of amides is 1. The van der Waals surface area contributed by atoms with Crippen molar-refractivity contribution in [3.05, 3.63) is 56.6 Å². The van der Waals surface area contributed by atoms with E-state index in [1.807, 2.05) is 47.9 Å². The molecule has 2 aliphatic heterocycles. The second-order valence-electron chi connectivity index (χ2n) is 5.78. The first-order valence-corrected chi connectivity index (χ1v) is 10.1. The van der Waals surface area contributed by atoms with Crippen molar-refractivity contribution in [1.29, 1.82) is 0 Å². The zero-order valence-electron chi connectivity index (χ0n) is 13.4. The highest BCUT2D eigenvalue weighted by Crippen LogP contribution is 2.31. The van der Waals surface area contributed by atoms with Gasteiger partial charge in [-0.25, -0.2) is 0 Å². The summed E-state index contributed by atoms with van der Waals surface area (Å²) in [7, 11) is 0. The van der Waals surface area contributed by atoms with Crippen LogP contribution in [-0.4, -0.2) is 42.2 Å². The fraction of sp³-hybridized carbons (Fsp3) is 0.222. The number of amidine groups is 1. The summed E-state index contributed by atoms with van der Waals surface area (Å²) < 4.78 is 0. The lowest BCUT2D eigenvalue weighted by Crippen LogP contribution is -2.47. The van der Waals surface area contributed by atoms with E-state index in [4.69, 9.17) is 11.6 Å². The molecular formula is C18H16ClN3OS2. The SMILES string of the molecule is O=C1N=C(N2CCN(c3ccc(Cl)cc3)CC2)S/C1=C/c1cccs1. The third-order valence-electron chi connectivity index (χ3n) is 4.17. The molecule has 0 atom stereocenters. The van der Waals surface area contributed by atoms with E-state index >= 15 is 0 Å². The first kappa shape index (κ1) is 16.7. The van der Waals surface area contributed by atoms with E-state index in [1.54, 1.807) is 11.3 Å². The quantitative estimate of drug-likeness (QED) is 0.721. The van der Waals surface area contributed by atoms with Gasteiger partial charge in [-0.15, -0.1) is 11.3 Å². The molecule has 2 aromatic rings. The number of benzene rings is 1. The van der Waals surface area contributed by atoms with Crippen molar-refractivity contribution >= 4 is 57.5 Å². The van der Waals surface area contributed by atoms with Crippen molar-refractivity contribution in [1.82, 2.24) is 4.90 Å². The minimum atomic E-state index is -0.131. The molecule has 0 aliphatic carbocycles. The van der Waals surface area contributed by atoms with Gasteiger partial charge in [-0.1, -0.05) is 17.7 Å². The number of hydrogen-bond donors (Lipinski definition) is 0. The van der Waals surface area contributed by atoms with Gasteiger partial charge < -0.3 is 9.80 Å². The van der Waals surface area contributed by atoms with Crippen molar-refractivity contribution in [2.45, 2.75) is 0 Å². The number of hydrogen-bond acceptors (Lipinski definition) is 5. The molecule has 0 spiro atoms. The van der Waals surface area contributed by atoms with Crippen molar-refractivity contribution in [3.63, 3.8) is 0 Å². The van der Waals surface area contributed by atoms with Crippen molar-refractivity contribution in [2.24, 2.45) is 4.99 Å². The number of aliphatic imine (C=N–C) groups is 1. The predicted molar refractivity (Wildman–Crippen MR) is 108 cm³/mol. The van der Waals surface area contributed by atoms with Crippen molar-refractivity contribution < 1.29 is 4.79 Å². The second kappa shape index (κ2) is 7.23. The van der Waals surface area contributed by atoms with Crippen LogP contribution in [0.5, 0.6) is 0 Å². The van der Waals surface area contributed by atoms with Gasteiger partial charge in [0.15, 0.2) is 5.17 Å². The normalized spacial score (nSPS) is 19.6. The summed E-state index contributed by atoms with van der Waals surface area (Å²) in [5.74, 6) is -0.131. The smallest absolute Gasteiger partial charge is 0.286 e. The molecule has 1 saturated heterocycles. The number of carbonyl (C=O) groups excluding carboxylic acids is 1. The van der Waals surface area contributed by atoms with Gasteiger partial charge in [0.2, 0.25) is 0 Å². The largest absolute Gasteiger partial charge is 0.368 e. The minimum Gasteiger partial charge on any atom is -0.368 e. The highest BCUT2D eigenvalue weighted by Gasteiger charge is 2.28. The molecule has 0 bridgehead atoms. The van der Waals surface area contributed by atoms with Crippen LogP contribution in [0.2, 0.25) is 5.02 Å². The molecule has 128 valence electrons. The van der Waals surface area contributed by atoms with Crippen LogP contribution in [0.1, 0.15) is 4.88 Å². The Kier molecular flexibility index (Phi) is 4.83. The molecule has 1 aromatic carbocycles. The van der Waals surface area contributed by atoms with Crippen LogP contribution < -0.4 is 4.90 Å². The van der Waals surface area contributed by atoms with Gasteiger partial charge >= 0.3 is 0 Å². The summed E-state index contributed by atoms with van der Waals surface area (Å²) in [6, 6.07) is 11.9. The highest BCUT2D eigenvalue weighted by molar-refractivity contribution is 8.18. The molecular weight excluding hydrogens is 374 g/mol. The third-order valence-corrected chi connectivity index (χ3v) is 6.28. The average Bonchev–Trinajstić information content (AvgIpc) is 3.27. The van der Waals surface area contributed by atoms with Gasteiger partial charge in [0.05, 0.1) is 4.91 Å².